The summed E-state index contributed by atoms with van der Waals surface area (Å²) in [5.74, 6) is 0.688. The van der Waals surface area contributed by atoms with Crippen LogP contribution in [0.2, 0.25) is 0 Å². The zero-order valence-electron chi connectivity index (χ0n) is 12.4. The van der Waals surface area contributed by atoms with E-state index in [2.05, 4.69) is 23.8 Å². The number of rotatable bonds is 6. The van der Waals surface area contributed by atoms with E-state index in [-0.39, 0.29) is 0 Å². The van der Waals surface area contributed by atoms with Crippen molar-refractivity contribution in [1.82, 2.24) is 9.80 Å². The molecule has 1 aliphatic heterocycles. The molecule has 0 aliphatic carbocycles. The lowest BCUT2D eigenvalue weighted by atomic mass is 10.2. The third-order valence-corrected chi connectivity index (χ3v) is 4.00. The van der Waals surface area contributed by atoms with Crippen molar-refractivity contribution in [3.05, 3.63) is 29.8 Å². The Bertz CT molecular complexity index is 428. The number of hydrogen-bond donors (Lipinski definition) is 0. The highest BCUT2D eigenvalue weighted by molar-refractivity contribution is 5.79. The van der Waals surface area contributed by atoms with Crippen LogP contribution in [0, 0.1) is 0 Å². The number of para-hydroxylation sites is 1. The Hall–Kier alpha value is -1.39. The van der Waals surface area contributed by atoms with Crippen LogP contribution in [-0.4, -0.2) is 62.0 Å². The van der Waals surface area contributed by atoms with Crippen LogP contribution in [0.25, 0.3) is 0 Å². The van der Waals surface area contributed by atoms with E-state index < -0.39 is 0 Å². The summed E-state index contributed by atoms with van der Waals surface area (Å²) >= 11 is 0. The first-order valence-corrected chi connectivity index (χ1v) is 7.30. The quantitative estimate of drug-likeness (QED) is 0.743. The molecule has 0 amide bonds. The number of nitrogens with zero attached hydrogens (tertiary/aromatic N) is 2. The zero-order valence-corrected chi connectivity index (χ0v) is 12.4. The summed E-state index contributed by atoms with van der Waals surface area (Å²) in [4.78, 5) is 15.8. The number of ether oxygens (including phenoxy) is 1. The van der Waals surface area contributed by atoms with E-state index in [1.807, 2.05) is 18.2 Å². The minimum absolute atomic E-state index is 0.520. The van der Waals surface area contributed by atoms with E-state index in [1.54, 1.807) is 6.07 Å². The molecule has 0 saturated carbocycles. The molecule has 0 radical (unpaired) electrons. The highest BCUT2D eigenvalue weighted by Gasteiger charge is 2.18. The van der Waals surface area contributed by atoms with Gasteiger partial charge in [0.25, 0.3) is 0 Å². The molecule has 1 aromatic rings. The van der Waals surface area contributed by atoms with E-state index >= 15 is 0 Å². The van der Waals surface area contributed by atoms with E-state index in [0.29, 0.717) is 24.0 Å². The average Bonchev–Trinajstić information content (AvgIpc) is 2.48. The molecule has 0 N–H and O–H groups in total. The summed E-state index contributed by atoms with van der Waals surface area (Å²) in [7, 11) is 2.17. The first kappa shape index (κ1) is 15.0. The van der Waals surface area contributed by atoms with Gasteiger partial charge >= 0.3 is 0 Å². The van der Waals surface area contributed by atoms with Crippen molar-refractivity contribution in [2.45, 2.75) is 19.4 Å². The second-order valence-corrected chi connectivity index (χ2v) is 5.48. The van der Waals surface area contributed by atoms with Crippen molar-refractivity contribution in [2.24, 2.45) is 0 Å². The van der Waals surface area contributed by atoms with Crippen LogP contribution in [-0.2, 0) is 0 Å². The lowest BCUT2D eigenvalue weighted by molar-refractivity contribution is 0.105. The molecule has 1 aliphatic rings. The second-order valence-electron chi connectivity index (χ2n) is 5.48. The molecule has 0 bridgehead atoms. The third-order valence-electron chi connectivity index (χ3n) is 4.00. The fourth-order valence-electron chi connectivity index (χ4n) is 2.49. The number of hydrogen-bond acceptors (Lipinski definition) is 4. The fraction of sp³-hybridized carbons (Fsp3) is 0.562. The van der Waals surface area contributed by atoms with Crippen molar-refractivity contribution >= 4 is 6.29 Å². The minimum Gasteiger partial charge on any atom is -0.493 e. The number of carbonyl (C=O) groups is 1. The molecule has 1 heterocycles. The summed E-state index contributed by atoms with van der Waals surface area (Å²) in [6.07, 6.45) is 1.83. The van der Waals surface area contributed by atoms with Gasteiger partial charge in [0.05, 0.1) is 12.2 Å². The Labute approximate surface area is 121 Å². The number of benzene rings is 1. The Balaban J connectivity index is 1.76. The van der Waals surface area contributed by atoms with Crippen LogP contribution in [0.15, 0.2) is 24.3 Å². The number of aldehydes is 1. The smallest absolute Gasteiger partial charge is 0.153 e. The molecule has 1 saturated heterocycles. The first-order chi connectivity index (χ1) is 9.70. The van der Waals surface area contributed by atoms with Gasteiger partial charge in [-0.2, -0.15) is 0 Å². The molecule has 1 atom stereocenters. The van der Waals surface area contributed by atoms with E-state index in [0.717, 1.165) is 38.9 Å². The van der Waals surface area contributed by atoms with Gasteiger partial charge in [-0.05, 0) is 32.5 Å². The first-order valence-electron chi connectivity index (χ1n) is 7.30. The van der Waals surface area contributed by atoms with Crippen molar-refractivity contribution in [2.75, 3.05) is 39.8 Å². The Morgan fingerprint density at radius 2 is 1.95 bits per heavy atom. The fourth-order valence-corrected chi connectivity index (χ4v) is 2.49. The van der Waals surface area contributed by atoms with E-state index in [4.69, 9.17) is 4.74 Å². The van der Waals surface area contributed by atoms with Crippen LogP contribution in [0.1, 0.15) is 23.7 Å². The van der Waals surface area contributed by atoms with Crippen molar-refractivity contribution in [1.29, 1.82) is 0 Å². The summed E-state index contributed by atoms with van der Waals surface area (Å²) in [6.45, 7) is 7.43. The third kappa shape index (κ3) is 4.05. The van der Waals surface area contributed by atoms with Crippen LogP contribution >= 0.6 is 0 Å². The molecule has 4 nitrogen and oxygen atoms in total. The predicted octanol–water partition coefficient (Wildman–Crippen LogP) is 1.90. The summed E-state index contributed by atoms with van der Waals surface area (Å²) < 4.78 is 5.74. The molecule has 1 unspecified atom stereocenters. The Kier molecular flexibility index (Phi) is 5.56. The van der Waals surface area contributed by atoms with Crippen LogP contribution in [0.3, 0.4) is 0 Å². The molecule has 0 aromatic heterocycles. The molecule has 110 valence electrons. The summed E-state index contributed by atoms with van der Waals surface area (Å²) in [6, 6.07) is 7.90. The molecular weight excluding hydrogens is 252 g/mol. The Morgan fingerprint density at radius 1 is 1.25 bits per heavy atom. The number of piperazine rings is 1. The maximum atomic E-state index is 10.9. The normalized spacial score (nSPS) is 18.7. The minimum atomic E-state index is 0.520. The largest absolute Gasteiger partial charge is 0.493 e. The highest BCUT2D eigenvalue weighted by atomic mass is 16.5. The number of carbonyl (C=O) groups excluding carboxylic acids is 1. The van der Waals surface area contributed by atoms with E-state index in [9.17, 15) is 4.79 Å². The van der Waals surface area contributed by atoms with Gasteiger partial charge in [-0.15, -0.1) is 0 Å². The molecule has 2 rings (SSSR count). The standard InChI is InChI=1S/C16H24N2O2/c1-14(18-10-8-17(2)9-11-18)7-12-20-16-6-4-3-5-15(16)13-19/h3-6,13-14H,7-12H2,1-2H3. The zero-order chi connectivity index (χ0) is 14.4. The van der Waals surface area contributed by atoms with Crippen molar-refractivity contribution in [3.63, 3.8) is 0 Å². The van der Waals surface area contributed by atoms with Gasteiger partial charge in [0, 0.05) is 32.2 Å². The molecule has 1 fully saturated rings. The molecule has 4 heteroatoms. The highest BCUT2D eigenvalue weighted by Crippen LogP contribution is 2.16. The molecular formula is C16H24N2O2. The summed E-state index contributed by atoms with van der Waals surface area (Å²) in [5.41, 5.74) is 0.625. The van der Waals surface area contributed by atoms with E-state index in [1.165, 1.54) is 0 Å². The number of likely N-dealkylation sites (N-methyl/N-ethyl adjacent to an activating group) is 1. The monoisotopic (exact) mass is 276 g/mol. The maximum Gasteiger partial charge on any atom is 0.153 e. The average molecular weight is 276 g/mol. The van der Waals surface area contributed by atoms with Crippen molar-refractivity contribution in [3.8, 4) is 5.75 Å². The topological polar surface area (TPSA) is 32.8 Å². The van der Waals surface area contributed by atoms with Crippen molar-refractivity contribution < 1.29 is 9.53 Å². The predicted molar refractivity (Wildman–Crippen MR) is 80.5 cm³/mol. The summed E-state index contributed by atoms with van der Waals surface area (Å²) in [5, 5.41) is 0. The molecule has 20 heavy (non-hydrogen) atoms. The van der Waals surface area contributed by atoms with Gasteiger partial charge < -0.3 is 9.64 Å². The van der Waals surface area contributed by atoms with Gasteiger partial charge in [-0.25, -0.2) is 0 Å². The lowest BCUT2D eigenvalue weighted by Crippen LogP contribution is -2.48. The van der Waals surface area contributed by atoms with Crippen LogP contribution < -0.4 is 4.74 Å². The van der Waals surface area contributed by atoms with Gasteiger partial charge in [0.1, 0.15) is 5.75 Å². The van der Waals surface area contributed by atoms with Gasteiger partial charge in [0.2, 0.25) is 0 Å². The van der Waals surface area contributed by atoms with Crippen LogP contribution in [0.4, 0.5) is 0 Å². The molecule has 0 spiro atoms. The van der Waals surface area contributed by atoms with Gasteiger partial charge in [0.15, 0.2) is 6.29 Å². The Morgan fingerprint density at radius 3 is 2.65 bits per heavy atom. The second kappa shape index (κ2) is 7.41. The molecule has 1 aromatic carbocycles. The van der Waals surface area contributed by atoms with Gasteiger partial charge in [-0.3, -0.25) is 9.69 Å². The SMILES string of the molecule is CC(CCOc1ccccc1C=O)N1CCN(C)CC1. The lowest BCUT2D eigenvalue weighted by Gasteiger charge is -2.36. The van der Waals surface area contributed by atoms with Gasteiger partial charge in [-0.1, -0.05) is 12.1 Å². The maximum absolute atomic E-state index is 10.9. The van der Waals surface area contributed by atoms with Crippen LogP contribution in [0.5, 0.6) is 5.75 Å².